The molecule has 1 saturated heterocycles. The quantitative estimate of drug-likeness (QED) is 0.496. The number of amides is 2. The monoisotopic (exact) mass is 384 g/mol. The zero-order valence-corrected chi connectivity index (χ0v) is 15.7. The van der Waals surface area contributed by atoms with Crippen molar-refractivity contribution in [1.29, 1.82) is 0 Å². The summed E-state index contributed by atoms with van der Waals surface area (Å²) < 4.78 is 2.19. The van der Waals surface area contributed by atoms with Gasteiger partial charge in [-0.15, -0.1) is 0 Å². The van der Waals surface area contributed by atoms with Crippen LogP contribution in [0.15, 0.2) is 77.8 Å². The summed E-state index contributed by atoms with van der Waals surface area (Å²) in [7, 11) is 0. The fourth-order valence-electron chi connectivity index (χ4n) is 3.62. The lowest BCUT2D eigenvalue weighted by Gasteiger charge is -2.07. The van der Waals surface area contributed by atoms with Crippen LogP contribution in [-0.2, 0) is 11.3 Å². The Morgan fingerprint density at radius 1 is 0.929 bits per heavy atom. The van der Waals surface area contributed by atoms with Crippen molar-refractivity contribution < 1.29 is 9.59 Å². The lowest BCUT2D eigenvalue weighted by Crippen LogP contribution is -2.17. The predicted octanol–water partition coefficient (Wildman–Crippen LogP) is 5.17. The number of fused-ring (bicyclic) bond motifs is 2. The molecule has 0 unspecified atom stereocenters. The highest BCUT2D eigenvalue weighted by Gasteiger charge is 2.25. The van der Waals surface area contributed by atoms with Crippen LogP contribution in [0, 0.1) is 0 Å². The van der Waals surface area contributed by atoms with Crippen LogP contribution in [0.5, 0.6) is 0 Å². The molecule has 2 amide bonds. The lowest BCUT2D eigenvalue weighted by molar-refractivity contribution is -0.115. The molecule has 4 aromatic rings. The number of hydrogen-bond donors (Lipinski definition) is 1. The van der Waals surface area contributed by atoms with Crippen LogP contribution in [0.4, 0.5) is 4.79 Å². The van der Waals surface area contributed by atoms with E-state index in [2.05, 4.69) is 46.3 Å². The number of para-hydroxylation sites is 1. The standard InChI is InChI=1S/C23H16N2O2S/c26-22-21(28-23(27)24-22)12-18-14-25(20-8-4-3-7-19(18)20)13-15-9-10-16-5-1-2-6-17(16)11-15/h1-12,14H,13H2,(H,24,26,27). The molecule has 1 fully saturated rings. The Balaban J connectivity index is 1.57. The van der Waals surface area contributed by atoms with Gasteiger partial charge in [-0.1, -0.05) is 54.6 Å². The fourth-order valence-corrected chi connectivity index (χ4v) is 4.29. The van der Waals surface area contributed by atoms with Crippen molar-refractivity contribution in [1.82, 2.24) is 9.88 Å². The Morgan fingerprint density at radius 2 is 1.71 bits per heavy atom. The molecule has 0 radical (unpaired) electrons. The predicted molar refractivity (Wildman–Crippen MR) is 114 cm³/mol. The molecule has 1 aliphatic heterocycles. The number of nitrogens with zero attached hydrogens (tertiary/aromatic N) is 1. The molecule has 1 aromatic heterocycles. The molecule has 28 heavy (non-hydrogen) atoms. The number of hydrogen-bond acceptors (Lipinski definition) is 3. The molecule has 1 aliphatic rings. The first-order valence-electron chi connectivity index (χ1n) is 8.98. The van der Waals surface area contributed by atoms with E-state index in [1.807, 2.05) is 36.5 Å². The van der Waals surface area contributed by atoms with E-state index >= 15 is 0 Å². The summed E-state index contributed by atoms with van der Waals surface area (Å²) in [6.45, 7) is 0.729. The second-order valence-corrected chi connectivity index (χ2v) is 7.78. The molecule has 0 bridgehead atoms. The van der Waals surface area contributed by atoms with Gasteiger partial charge in [0.25, 0.3) is 11.1 Å². The molecular weight excluding hydrogens is 368 g/mol. The van der Waals surface area contributed by atoms with E-state index in [0.717, 1.165) is 34.8 Å². The van der Waals surface area contributed by atoms with Crippen LogP contribution in [0.1, 0.15) is 11.1 Å². The summed E-state index contributed by atoms with van der Waals surface area (Å²) in [5, 5.41) is 5.49. The number of imide groups is 1. The molecule has 2 heterocycles. The Bertz CT molecular complexity index is 1290. The number of rotatable bonds is 3. The minimum atomic E-state index is -0.332. The summed E-state index contributed by atoms with van der Waals surface area (Å²) in [6, 6.07) is 22.9. The van der Waals surface area contributed by atoms with Crippen molar-refractivity contribution >= 4 is 50.7 Å². The first-order chi connectivity index (χ1) is 13.7. The normalized spacial score (nSPS) is 15.6. The van der Waals surface area contributed by atoms with Crippen LogP contribution in [-0.4, -0.2) is 15.7 Å². The van der Waals surface area contributed by atoms with Crippen LogP contribution >= 0.6 is 11.8 Å². The van der Waals surface area contributed by atoms with Gasteiger partial charge in [-0.05, 0) is 46.3 Å². The molecule has 0 atom stereocenters. The third-order valence-electron chi connectivity index (χ3n) is 4.91. The van der Waals surface area contributed by atoms with Gasteiger partial charge in [0, 0.05) is 29.2 Å². The van der Waals surface area contributed by atoms with Gasteiger partial charge in [0.05, 0.1) is 4.91 Å². The van der Waals surface area contributed by atoms with Gasteiger partial charge in [0.1, 0.15) is 0 Å². The van der Waals surface area contributed by atoms with Gasteiger partial charge < -0.3 is 4.57 Å². The van der Waals surface area contributed by atoms with E-state index in [9.17, 15) is 9.59 Å². The number of carbonyl (C=O) groups excluding carboxylic acids is 2. The third-order valence-corrected chi connectivity index (χ3v) is 5.73. The maximum atomic E-state index is 11.9. The molecule has 1 N–H and O–H groups in total. The summed E-state index contributed by atoms with van der Waals surface area (Å²) in [6.07, 6.45) is 3.84. The van der Waals surface area contributed by atoms with E-state index in [-0.39, 0.29) is 11.1 Å². The summed E-state index contributed by atoms with van der Waals surface area (Å²) >= 11 is 0.944. The van der Waals surface area contributed by atoms with E-state index in [0.29, 0.717) is 4.91 Å². The Hall–Kier alpha value is -3.31. The minimum Gasteiger partial charge on any atom is -0.342 e. The maximum absolute atomic E-state index is 11.9. The van der Waals surface area contributed by atoms with Crippen LogP contribution in [0.25, 0.3) is 27.8 Å². The first kappa shape index (κ1) is 16.8. The van der Waals surface area contributed by atoms with Crippen LogP contribution in [0.2, 0.25) is 0 Å². The summed E-state index contributed by atoms with van der Waals surface area (Å²) in [5.74, 6) is -0.332. The highest BCUT2D eigenvalue weighted by molar-refractivity contribution is 8.18. The van der Waals surface area contributed by atoms with Crippen LogP contribution in [0.3, 0.4) is 0 Å². The second-order valence-electron chi connectivity index (χ2n) is 6.76. The topological polar surface area (TPSA) is 51.1 Å². The SMILES string of the molecule is O=C1NC(=O)C(=Cc2cn(Cc3ccc4ccccc4c3)c3ccccc23)S1. The molecule has 0 saturated carbocycles. The van der Waals surface area contributed by atoms with Crippen LogP contribution < -0.4 is 5.32 Å². The smallest absolute Gasteiger partial charge is 0.290 e. The summed E-state index contributed by atoms with van der Waals surface area (Å²) in [5.41, 5.74) is 3.24. The van der Waals surface area contributed by atoms with Gasteiger partial charge in [-0.2, -0.15) is 0 Å². The van der Waals surface area contributed by atoms with E-state index in [1.54, 1.807) is 6.08 Å². The highest BCUT2D eigenvalue weighted by Crippen LogP contribution is 2.30. The van der Waals surface area contributed by atoms with Gasteiger partial charge in [0.2, 0.25) is 0 Å². The van der Waals surface area contributed by atoms with Gasteiger partial charge >= 0.3 is 0 Å². The first-order valence-corrected chi connectivity index (χ1v) is 9.79. The zero-order chi connectivity index (χ0) is 19.1. The maximum Gasteiger partial charge on any atom is 0.290 e. The fraction of sp³-hybridized carbons (Fsp3) is 0.0435. The number of thioether (sulfide) groups is 1. The summed E-state index contributed by atoms with van der Waals surface area (Å²) in [4.78, 5) is 23.8. The molecule has 5 rings (SSSR count). The Kier molecular flexibility index (Phi) is 4.02. The molecule has 0 aliphatic carbocycles. The van der Waals surface area contributed by atoms with Crippen molar-refractivity contribution in [3.05, 3.63) is 89.0 Å². The molecule has 136 valence electrons. The average molecular weight is 384 g/mol. The number of benzene rings is 3. The van der Waals surface area contributed by atoms with Crippen molar-refractivity contribution in [3.63, 3.8) is 0 Å². The third kappa shape index (κ3) is 3.00. The lowest BCUT2D eigenvalue weighted by atomic mass is 10.1. The van der Waals surface area contributed by atoms with Crippen molar-refractivity contribution in [2.24, 2.45) is 0 Å². The molecule has 0 spiro atoms. The number of aromatic nitrogens is 1. The number of carbonyl (C=O) groups is 2. The second kappa shape index (κ2) is 6.69. The van der Waals surface area contributed by atoms with E-state index in [1.165, 1.54) is 16.3 Å². The zero-order valence-electron chi connectivity index (χ0n) is 14.9. The van der Waals surface area contributed by atoms with Gasteiger partial charge in [-0.25, -0.2) is 0 Å². The molecule has 4 nitrogen and oxygen atoms in total. The van der Waals surface area contributed by atoms with Crippen molar-refractivity contribution in [2.45, 2.75) is 6.54 Å². The minimum absolute atomic E-state index is 0.323. The molecule has 3 aromatic carbocycles. The number of nitrogens with one attached hydrogen (secondary N) is 1. The van der Waals surface area contributed by atoms with Gasteiger partial charge in [0.15, 0.2) is 0 Å². The van der Waals surface area contributed by atoms with Crippen molar-refractivity contribution in [3.8, 4) is 0 Å². The highest BCUT2D eigenvalue weighted by atomic mass is 32.2. The molecular formula is C23H16N2O2S. The average Bonchev–Trinajstić information content (AvgIpc) is 3.21. The Morgan fingerprint density at radius 3 is 2.54 bits per heavy atom. The molecule has 5 heteroatoms. The van der Waals surface area contributed by atoms with E-state index < -0.39 is 0 Å². The van der Waals surface area contributed by atoms with E-state index in [4.69, 9.17) is 0 Å². The van der Waals surface area contributed by atoms with Gasteiger partial charge in [-0.3, -0.25) is 14.9 Å². The van der Waals surface area contributed by atoms with Crippen molar-refractivity contribution in [2.75, 3.05) is 0 Å². The largest absolute Gasteiger partial charge is 0.342 e. The Labute approximate surface area is 165 Å².